The third-order valence-electron chi connectivity index (χ3n) is 17.0. The van der Waals surface area contributed by atoms with Crippen molar-refractivity contribution < 1.29 is 100 Å². The molecule has 8 rings (SSSR count). The first-order valence-corrected chi connectivity index (χ1v) is 28.3. The van der Waals surface area contributed by atoms with Gasteiger partial charge in [0.05, 0.1) is 55.6 Å². The molecule has 0 atom stereocenters. The number of aromatic nitrogens is 2. The zero-order valence-corrected chi connectivity index (χ0v) is 50.0. The molecule has 4 aliphatic carbocycles. The minimum absolute atomic E-state index is 0. The van der Waals surface area contributed by atoms with Crippen LogP contribution in [0.1, 0.15) is 91.1 Å². The van der Waals surface area contributed by atoms with E-state index in [9.17, 15) is 54.0 Å². The second-order valence-corrected chi connectivity index (χ2v) is 23.0. The van der Waals surface area contributed by atoms with Crippen LogP contribution in [0.3, 0.4) is 0 Å². The number of amides is 3. The number of aliphatic carboxylic acids is 4. The number of likely N-dealkylation sites (N-methyl/N-ethyl adjacent to an activating group) is 1. The number of carboxylic acids is 4. The second-order valence-electron chi connectivity index (χ2n) is 23.0. The van der Waals surface area contributed by atoms with Gasteiger partial charge in [0.25, 0.3) is 11.8 Å². The van der Waals surface area contributed by atoms with Crippen LogP contribution in [0.25, 0.3) is 16.9 Å². The summed E-state index contributed by atoms with van der Waals surface area (Å²) in [5.74, 6) is -4.29. The Kier molecular flexibility index (Phi) is 24.0. The van der Waals surface area contributed by atoms with Crippen molar-refractivity contribution in [2.45, 2.75) is 70.3 Å². The molecule has 2 N–H and O–H groups in total. The first-order chi connectivity index (χ1) is 38.6. The summed E-state index contributed by atoms with van der Waals surface area (Å²) in [7, 11) is 8.55. The molecule has 456 valence electrons. The molecule has 3 aromatic rings. The molecule has 4 saturated carbocycles. The van der Waals surface area contributed by atoms with Crippen molar-refractivity contribution >= 4 is 41.6 Å². The molecule has 1 saturated heterocycles. The van der Waals surface area contributed by atoms with Crippen LogP contribution in [0, 0.1) is 60.5 Å². The number of hydrogen-bond donors (Lipinski definition) is 2. The summed E-state index contributed by atoms with van der Waals surface area (Å²) < 4.78 is 13.3. The van der Waals surface area contributed by atoms with Crippen LogP contribution in [0.2, 0.25) is 0 Å². The van der Waals surface area contributed by atoms with E-state index in [-0.39, 0.29) is 131 Å². The molecule has 1 aliphatic heterocycles. The number of ether oxygens (including phenoxy) is 2. The zero-order chi connectivity index (χ0) is 58.7. The maximum absolute atomic E-state index is 14.5. The average Bonchev–Trinajstić information content (AvgIpc) is 3.14. The maximum Gasteiger partial charge on any atom is 3.00 e. The number of carbonyl (C=O) groups is 7. The minimum atomic E-state index is -1.38. The number of methoxy groups -OCH3 is 2. The first-order valence-electron chi connectivity index (χ1n) is 28.3. The Morgan fingerprint density at radius 1 is 0.671 bits per heavy atom. The third-order valence-corrected chi connectivity index (χ3v) is 17.0. The van der Waals surface area contributed by atoms with Gasteiger partial charge in [0, 0.05) is 105 Å². The van der Waals surface area contributed by atoms with E-state index in [1.807, 2.05) is 37.9 Å². The minimum Gasteiger partial charge on any atom is -0.549 e. The van der Waals surface area contributed by atoms with Crippen LogP contribution in [-0.4, -0.2) is 236 Å². The van der Waals surface area contributed by atoms with E-state index in [1.165, 1.54) is 0 Å². The van der Waals surface area contributed by atoms with Crippen LogP contribution in [0.4, 0.5) is 0 Å². The third kappa shape index (κ3) is 16.5. The van der Waals surface area contributed by atoms with Crippen molar-refractivity contribution in [3.8, 4) is 28.4 Å². The molecular weight excluding hydrogens is 1220 g/mol. The van der Waals surface area contributed by atoms with Gasteiger partial charge in [0.2, 0.25) is 5.91 Å². The van der Waals surface area contributed by atoms with Gasteiger partial charge in [0.15, 0.2) is 5.69 Å². The van der Waals surface area contributed by atoms with E-state index in [0.717, 1.165) is 37.7 Å². The van der Waals surface area contributed by atoms with Crippen LogP contribution >= 0.6 is 0 Å². The predicted octanol–water partition coefficient (Wildman–Crippen LogP) is -0.597. The molecule has 1 aromatic heterocycles. The molecule has 0 spiro atoms. The number of carboxylic acid groups (broad SMARTS) is 4. The normalized spacial score (nSPS) is 21.7. The number of carbonyl (C=O) groups excluding carboxylic acids is 6. The summed E-state index contributed by atoms with van der Waals surface area (Å²) in [5.41, 5.74) is 1.56. The topological polar surface area (TPSA) is 280 Å². The Hall–Kier alpha value is -5.43. The first kappa shape index (κ1) is 65.7. The molecule has 5 fully saturated rings. The van der Waals surface area contributed by atoms with Gasteiger partial charge in [-0.2, -0.15) is 5.10 Å². The van der Waals surface area contributed by atoms with Crippen LogP contribution in [0.5, 0.6) is 11.5 Å². The molecule has 0 radical (unpaired) electrons. The summed E-state index contributed by atoms with van der Waals surface area (Å²) in [4.78, 5) is 102. The molecule has 24 heteroatoms. The monoisotopic (exact) mass is 1300 g/mol. The Morgan fingerprint density at radius 2 is 1.13 bits per heavy atom. The SMILES string of the molecule is COc1cccc(OC)c1-c1cc(C(=O)NC2(C(=O)O)C3CC4CC(C3)CC2C4)nn1-c1ccc(C(=O)N(C)CCCN(C)CCCN(C)C(=O)CN2CCN(CC(=O)[O-])CCN(CC(=O)[O-])CCN(CC(=O)[O-])CC2)cc1C(C)C.[Lu+3]. The molecule has 82 heavy (non-hydrogen) atoms. The molecule has 5 aliphatic rings. The summed E-state index contributed by atoms with van der Waals surface area (Å²) >= 11 is 0. The number of nitrogens with zero attached hydrogens (tertiary/aromatic N) is 9. The Labute approximate surface area is 510 Å². The van der Waals surface area contributed by atoms with E-state index >= 15 is 0 Å². The molecule has 3 amide bonds. The van der Waals surface area contributed by atoms with Crippen LogP contribution in [0.15, 0.2) is 42.5 Å². The van der Waals surface area contributed by atoms with Gasteiger partial charge in [-0.3, -0.25) is 34.0 Å². The van der Waals surface area contributed by atoms with Crippen LogP contribution in [-0.2, 0) is 24.0 Å². The summed E-state index contributed by atoms with van der Waals surface area (Å²) in [5, 5.41) is 53.4. The molecule has 2 aromatic carbocycles. The molecular formula is C58H81LuN10O13. The van der Waals surface area contributed by atoms with Crippen LogP contribution < -0.4 is 30.1 Å². The number of hydrogen-bond acceptors (Lipinski definition) is 18. The fourth-order valence-corrected chi connectivity index (χ4v) is 12.9. The van der Waals surface area contributed by atoms with Gasteiger partial charge in [-0.1, -0.05) is 19.9 Å². The average molecular weight is 1300 g/mol. The smallest absolute Gasteiger partial charge is 0.549 e. The maximum atomic E-state index is 14.5. The van der Waals surface area contributed by atoms with E-state index in [0.29, 0.717) is 98.0 Å². The van der Waals surface area contributed by atoms with Crippen molar-refractivity contribution in [3.05, 3.63) is 59.3 Å². The molecule has 2 heterocycles. The van der Waals surface area contributed by atoms with Crippen molar-refractivity contribution in [1.82, 2.24) is 49.4 Å². The molecule has 23 nitrogen and oxygen atoms in total. The second kappa shape index (κ2) is 29.9. The Bertz CT molecular complexity index is 2660. The Morgan fingerprint density at radius 3 is 1.57 bits per heavy atom. The standard InChI is InChI=1S/C58H84N10O13.Lu/c1-38(2)44-32-41(13-14-46(44)68-47(54-48(80-6)11-8-12-49(54)81-7)33-45(60-68)55(76)59-58(57(78)79)42-28-39-27-40(30-42)31-43(58)29-39)56(77)63(5)18-10-16-61(3)15-9-17-62(4)50(69)34-64-19-21-65(35-51(70)71)23-25-67(37-53(74)75)26-24-66(22-20-64)36-52(72)73;/h8,11-14,32-33,38-40,42-43H,9-10,15-31,34-37H2,1-7H3,(H,59,76)(H,70,71)(H,72,73)(H,74,75)(H,78,79);/q;+3/p-3. The summed E-state index contributed by atoms with van der Waals surface area (Å²) in [6.07, 6.45) is 5.58. The number of nitrogens with one attached hydrogen (secondary N) is 1. The number of benzene rings is 2. The van der Waals surface area contributed by atoms with Gasteiger partial charge < -0.3 is 64.3 Å². The van der Waals surface area contributed by atoms with E-state index < -0.39 is 41.9 Å². The predicted molar refractivity (Wildman–Crippen MR) is 293 cm³/mol. The van der Waals surface area contributed by atoms with E-state index in [1.54, 1.807) is 87.8 Å². The van der Waals surface area contributed by atoms with Gasteiger partial charge >= 0.3 is 42.8 Å². The van der Waals surface area contributed by atoms with Gasteiger partial charge in [-0.25, -0.2) is 9.48 Å². The summed E-state index contributed by atoms with van der Waals surface area (Å²) in [6.45, 7) is 7.08. The van der Waals surface area contributed by atoms with Gasteiger partial charge in [-0.15, -0.1) is 0 Å². The van der Waals surface area contributed by atoms with Gasteiger partial charge in [-0.05, 0) is 137 Å². The van der Waals surface area contributed by atoms with Crippen molar-refractivity contribution in [2.24, 2.45) is 23.7 Å². The zero-order valence-electron chi connectivity index (χ0n) is 48.3. The van der Waals surface area contributed by atoms with E-state index in [2.05, 4.69) is 10.2 Å². The van der Waals surface area contributed by atoms with Crippen molar-refractivity contribution in [2.75, 3.05) is 140 Å². The fraction of sp³-hybridized carbons (Fsp3) is 0.621. The Balaban J connectivity index is 0.0000108. The van der Waals surface area contributed by atoms with Crippen molar-refractivity contribution in [3.63, 3.8) is 0 Å². The van der Waals surface area contributed by atoms with Gasteiger partial charge in [0.1, 0.15) is 17.0 Å². The largest absolute Gasteiger partial charge is 3.00 e. The quantitative estimate of drug-likeness (QED) is 0.107. The number of rotatable bonds is 25. The fourth-order valence-electron chi connectivity index (χ4n) is 12.9. The molecule has 0 unspecified atom stereocenters. The summed E-state index contributed by atoms with van der Waals surface area (Å²) in [6, 6.07) is 12.5. The van der Waals surface area contributed by atoms with Crippen molar-refractivity contribution in [1.29, 1.82) is 0 Å². The van der Waals surface area contributed by atoms with E-state index in [4.69, 9.17) is 14.6 Å². The molecule has 4 bridgehead atoms.